The molecule has 1 fully saturated rings. The molecule has 19 heavy (non-hydrogen) atoms. The van der Waals surface area contributed by atoms with Crippen LogP contribution in [0, 0.1) is 5.82 Å². The van der Waals surface area contributed by atoms with Crippen molar-refractivity contribution >= 4 is 17.4 Å². The predicted molar refractivity (Wildman–Crippen MR) is 74.3 cm³/mol. The third kappa shape index (κ3) is 3.78. The van der Waals surface area contributed by atoms with Crippen LogP contribution in [0.1, 0.15) is 13.8 Å². The molecule has 106 valence electrons. The SMILES string of the molecule is CC(C)NCC1COCCN1c1ncc(Cl)cc1F. The number of hydrogen-bond donors (Lipinski definition) is 1. The zero-order valence-corrected chi connectivity index (χ0v) is 12.0. The van der Waals surface area contributed by atoms with Crippen LogP contribution in [-0.2, 0) is 4.74 Å². The molecule has 0 aliphatic carbocycles. The fourth-order valence-corrected chi connectivity index (χ4v) is 2.24. The van der Waals surface area contributed by atoms with Gasteiger partial charge in [-0.15, -0.1) is 0 Å². The molecule has 1 N–H and O–H groups in total. The topological polar surface area (TPSA) is 37.4 Å². The Hall–Kier alpha value is -0.910. The zero-order valence-electron chi connectivity index (χ0n) is 11.2. The first-order valence-corrected chi connectivity index (χ1v) is 6.84. The summed E-state index contributed by atoms with van der Waals surface area (Å²) >= 11 is 5.74. The quantitative estimate of drug-likeness (QED) is 0.920. The summed E-state index contributed by atoms with van der Waals surface area (Å²) in [5, 5.41) is 3.66. The average molecular weight is 288 g/mol. The molecule has 1 atom stereocenters. The maximum absolute atomic E-state index is 14.0. The van der Waals surface area contributed by atoms with Crippen molar-refractivity contribution in [3.63, 3.8) is 0 Å². The number of morpholine rings is 1. The van der Waals surface area contributed by atoms with Crippen LogP contribution in [0.4, 0.5) is 10.2 Å². The largest absolute Gasteiger partial charge is 0.377 e. The molecule has 0 aromatic carbocycles. The number of anilines is 1. The van der Waals surface area contributed by atoms with Gasteiger partial charge in [-0.1, -0.05) is 25.4 Å². The van der Waals surface area contributed by atoms with Gasteiger partial charge in [-0.2, -0.15) is 0 Å². The van der Waals surface area contributed by atoms with E-state index in [9.17, 15) is 4.39 Å². The highest BCUT2D eigenvalue weighted by atomic mass is 35.5. The predicted octanol–water partition coefficient (Wildman–Crippen LogP) is 2.08. The first kappa shape index (κ1) is 14.5. The van der Waals surface area contributed by atoms with Crippen molar-refractivity contribution in [1.82, 2.24) is 10.3 Å². The van der Waals surface area contributed by atoms with Gasteiger partial charge in [-0.05, 0) is 6.07 Å². The lowest BCUT2D eigenvalue weighted by atomic mass is 10.2. The molecule has 0 saturated carbocycles. The summed E-state index contributed by atoms with van der Waals surface area (Å²) < 4.78 is 19.4. The Bertz CT molecular complexity index is 430. The van der Waals surface area contributed by atoms with E-state index in [-0.39, 0.29) is 11.9 Å². The van der Waals surface area contributed by atoms with E-state index < -0.39 is 0 Å². The number of pyridine rings is 1. The van der Waals surface area contributed by atoms with Gasteiger partial charge in [-0.25, -0.2) is 9.37 Å². The third-order valence-corrected chi connectivity index (χ3v) is 3.26. The molecule has 2 heterocycles. The number of aromatic nitrogens is 1. The summed E-state index contributed by atoms with van der Waals surface area (Å²) in [6.07, 6.45) is 1.47. The fraction of sp³-hybridized carbons (Fsp3) is 0.615. The maximum Gasteiger partial charge on any atom is 0.167 e. The van der Waals surface area contributed by atoms with Gasteiger partial charge < -0.3 is 15.0 Å². The lowest BCUT2D eigenvalue weighted by molar-refractivity contribution is 0.0924. The van der Waals surface area contributed by atoms with Gasteiger partial charge in [0.1, 0.15) is 0 Å². The number of nitrogens with one attached hydrogen (secondary N) is 1. The van der Waals surface area contributed by atoms with Crippen LogP contribution < -0.4 is 10.2 Å². The number of nitrogens with zero attached hydrogens (tertiary/aromatic N) is 2. The van der Waals surface area contributed by atoms with Gasteiger partial charge in [0.25, 0.3) is 0 Å². The summed E-state index contributed by atoms with van der Waals surface area (Å²) in [7, 11) is 0. The molecule has 6 heteroatoms. The van der Waals surface area contributed by atoms with Crippen molar-refractivity contribution in [2.45, 2.75) is 25.9 Å². The molecule has 0 spiro atoms. The number of ether oxygens (including phenoxy) is 1. The molecule has 1 unspecified atom stereocenters. The van der Waals surface area contributed by atoms with Gasteiger partial charge in [0, 0.05) is 25.3 Å². The van der Waals surface area contributed by atoms with Crippen LogP contribution in [0.15, 0.2) is 12.3 Å². The van der Waals surface area contributed by atoms with E-state index in [1.807, 2.05) is 4.90 Å². The van der Waals surface area contributed by atoms with E-state index in [4.69, 9.17) is 16.3 Å². The lowest BCUT2D eigenvalue weighted by Gasteiger charge is -2.37. The summed E-state index contributed by atoms with van der Waals surface area (Å²) in [5.74, 6) is -0.0350. The Balaban J connectivity index is 2.14. The molecule has 0 amide bonds. The molecule has 0 radical (unpaired) electrons. The van der Waals surface area contributed by atoms with E-state index in [0.29, 0.717) is 36.6 Å². The second-order valence-electron chi connectivity index (χ2n) is 4.94. The molecular formula is C13H19ClFN3O. The van der Waals surface area contributed by atoms with E-state index in [2.05, 4.69) is 24.1 Å². The molecule has 1 aromatic rings. The van der Waals surface area contributed by atoms with Crippen molar-refractivity contribution in [2.24, 2.45) is 0 Å². The van der Waals surface area contributed by atoms with Crippen LogP contribution in [0.3, 0.4) is 0 Å². The highest BCUT2D eigenvalue weighted by molar-refractivity contribution is 6.30. The minimum Gasteiger partial charge on any atom is -0.377 e. The van der Waals surface area contributed by atoms with Gasteiger partial charge >= 0.3 is 0 Å². The van der Waals surface area contributed by atoms with Gasteiger partial charge in [-0.3, -0.25) is 0 Å². The van der Waals surface area contributed by atoms with Crippen LogP contribution >= 0.6 is 11.6 Å². The fourth-order valence-electron chi connectivity index (χ4n) is 2.09. The Morgan fingerprint density at radius 1 is 1.63 bits per heavy atom. The van der Waals surface area contributed by atoms with E-state index in [1.165, 1.54) is 12.3 Å². The van der Waals surface area contributed by atoms with Crippen LogP contribution in [0.2, 0.25) is 5.02 Å². The van der Waals surface area contributed by atoms with Crippen molar-refractivity contribution in [3.8, 4) is 0 Å². The van der Waals surface area contributed by atoms with E-state index in [1.54, 1.807) is 0 Å². The second kappa shape index (κ2) is 6.50. The smallest absolute Gasteiger partial charge is 0.167 e. The Labute approximate surface area is 117 Å². The van der Waals surface area contributed by atoms with Crippen molar-refractivity contribution in [2.75, 3.05) is 31.2 Å². The molecule has 1 aromatic heterocycles. The molecule has 4 nitrogen and oxygen atoms in total. The maximum atomic E-state index is 14.0. The van der Waals surface area contributed by atoms with E-state index in [0.717, 1.165) is 6.54 Å². The zero-order chi connectivity index (χ0) is 13.8. The van der Waals surface area contributed by atoms with Crippen LogP contribution in [0.25, 0.3) is 0 Å². The normalized spacial score (nSPS) is 20.1. The van der Waals surface area contributed by atoms with Crippen molar-refractivity contribution in [1.29, 1.82) is 0 Å². The summed E-state index contributed by atoms with van der Waals surface area (Å²) in [4.78, 5) is 6.06. The Morgan fingerprint density at radius 3 is 3.11 bits per heavy atom. The minimum absolute atomic E-state index is 0.0827. The minimum atomic E-state index is -0.385. The molecule has 1 saturated heterocycles. The van der Waals surface area contributed by atoms with E-state index >= 15 is 0 Å². The molecular weight excluding hydrogens is 269 g/mol. The molecule has 1 aliphatic rings. The number of halogens is 2. The van der Waals surface area contributed by atoms with Crippen molar-refractivity contribution < 1.29 is 9.13 Å². The highest BCUT2D eigenvalue weighted by Crippen LogP contribution is 2.23. The summed E-state index contributed by atoms with van der Waals surface area (Å²) in [6.45, 7) is 6.69. The second-order valence-corrected chi connectivity index (χ2v) is 5.38. The Morgan fingerprint density at radius 2 is 2.42 bits per heavy atom. The molecule has 0 bridgehead atoms. The van der Waals surface area contributed by atoms with Gasteiger partial charge in [0.2, 0.25) is 0 Å². The lowest BCUT2D eigenvalue weighted by Crippen LogP contribution is -2.52. The van der Waals surface area contributed by atoms with Gasteiger partial charge in [0.05, 0.1) is 24.3 Å². The number of hydrogen-bond acceptors (Lipinski definition) is 4. The van der Waals surface area contributed by atoms with Crippen LogP contribution in [0.5, 0.6) is 0 Å². The van der Waals surface area contributed by atoms with Crippen molar-refractivity contribution in [3.05, 3.63) is 23.1 Å². The van der Waals surface area contributed by atoms with Crippen LogP contribution in [-0.4, -0.2) is 43.4 Å². The first-order chi connectivity index (χ1) is 9.08. The average Bonchev–Trinajstić information content (AvgIpc) is 2.37. The molecule has 2 rings (SSSR count). The third-order valence-electron chi connectivity index (χ3n) is 3.05. The monoisotopic (exact) mass is 287 g/mol. The standard InChI is InChI=1S/C13H19ClFN3O/c1-9(2)16-7-11-8-19-4-3-18(11)13-12(15)5-10(14)6-17-13/h5-6,9,11,16H,3-4,7-8H2,1-2H3. The highest BCUT2D eigenvalue weighted by Gasteiger charge is 2.26. The molecule has 1 aliphatic heterocycles. The number of rotatable bonds is 4. The first-order valence-electron chi connectivity index (χ1n) is 6.46. The summed E-state index contributed by atoms with van der Waals surface area (Å²) in [6, 6.07) is 1.76. The van der Waals surface area contributed by atoms with Gasteiger partial charge in [0.15, 0.2) is 11.6 Å². The Kier molecular flexibility index (Phi) is 4.96. The summed E-state index contributed by atoms with van der Waals surface area (Å²) in [5.41, 5.74) is 0.